The van der Waals surface area contributed by atoms with Crippen molar-refractivity contribution in [1.29, 1.82) is 0 Å². The van der Waals surface area contributed by atoms with Crippen molar-refractivity contribution in [1.82, 2.24) is 4.90 Å². The molecule has 0 aliphatic carbocycles. The summed E-state index contributed by atoms with van der Waals surface area (Å²) in [5.41, 5.74) is 1.29. The van der Waals surface area contributed by atoms with Gasteiger partial charge in [0, 0.05) is 18.0 Å². The Morgan fingerprint density at radius 2 is 1.88 bits per heavy atom. The van der Waals surface area contributed by atoms with Crippen LogP contribution in [0.2, 0.25) is 0 Å². The summed E-state index contributed by atoms with van der Waals surface area (Å²) >= 11 is 5.41. The summed E-state index contributed by atoms with van der Waals surface area (Å²) in [6.07, 6.45) is 0. The molecule has 2 rings (SSSR count). The van der Waals surface area contributed by atoms with Crippen molar-refractivity contribution < 1.29 is 4.74 Å². The second-order valence-corrected chi connectivity index (χ2v) is 6.68. The molecule has 92 valence electrons. The van der Waals surface area contributed by atoms with Crippen LogP contribution in [0.1, 0.15) is 5.56 Å². The van der Waals surface area contributed by atoms with E-state index in [1.165, 1.54) is 10.5 Å². The first-order chi connectivity index (χ1) is 8.25. The van der Waals surface area contributed by atoms with Gasteiger partial charge in [-0.15, -0.1) is 0 Å². The molecule has 2 nitrogen and oxygen atoms in total. The first-order valence-electron chi connectivity index (χ1n) is 5.53. The molecule has 0 amide bonds. The van der Waals surface area contributed by atoms with E-state index in [4.69, 9.17) is 17.0 Å². The average Bonchev–Trinajstić information content (AvgIpc) is 2.39. The molecule has 1 fully saturated rings. The zero-order valence-electron chi connectivity index (χ0n) is 9.72. The van der Waals surface area contributed by atoms with Crippen LogP contribution in [0.3, 0.4) is 0 Å². The Balaban J connectivity index is 1.81. The molecule has 1 saturated heterocycles. The van der Waals surface area contributed by atoms with Gasteiger partial charge in [-0.2, -0.15) is 0 Å². The monoisotopic (exact) mass is 285 g/mol. The molecule has 0 atom stereocenters. The van der Waals surface area contributed by atoms with Crippen LogP contribution >= 0.6 is 33.8 Å². The molecule has 0 unspecified atom stereocenters. The Bertz CT molecular complexity index is 374. The van der Waals surface area contributed by atoms with Crippen molar-refractivity contribution in [2.24, 2.45) is 0 Å². The van der Waals surface area contributed by atoms with Gasteiger partial charge in [0.1, 0.15) is 4.32 Å². The van der Waals surface area contributed by atoms with Crippen LogP contribution in [-0.2, 0) is 4.74 Å². The summed E-state index contributed by atoms with van der Waals surface area (Å²) in [7, 11) is 3.38. The molecule has 0 aromatic heterocycles. The van der Waals surface area contributed by atoms with Gasteiger partial charge in [-0.3, -0.25) is 0 Å². The summed E-state index contributed by atoms with van der Waals surface area (Å²) in [6.45, 7) is 5.51. The van der Waals surface area contributed by atoms with Crippen molar-refractivity contribution in [2.45, 2.75) is 11.8 Å². The number of morpholine rings is 1. The number of nitrogens with zero attached hydrogens (tertiary/aromatic N) is 1. The number of benzene rings is 1. The molecule has 5 heteroatoms. The third kappa shape index (κ3) is 4.17. The summed E-state index contributed by atoms with van der Waals surface area (Å²) in [6, 6.07) is 8.52. The van der Waals surface area contributed by atoms with E-state index in [1.54, 1.807) is 21.6 Å². The number of ether oxygens (including phenoxy) is 1. The Morgan fingerprint density at radius 3 is 2.53 bits per heavy atom. The Morgan fingerprint density at radius 1 is 1.24 bits per heavy atom. The van der Waals surface area contributed by atoms with Gasteiger partial charge in [-0.1, -0.05) is 40.7 Å². The molecule has 1 heterocycles. The molecule has 1 aliphatic rings. The van der Waals surface area contributed by atoms with E-state index in [9.17, 15) is 0 Å². The quantitative estimate of drug-likeness (QED) is 0.608. The van der Waals surface area contributed by atoms with Crippen molar-refractivity contribution in [3.8, 4) is 0 Å². The van der Waals surface area contributed by atoms with Crippen LogP contribution in [0.5, 0.6) is 0 Å². The maximum atomic E-state index is 5.41. The lowest BCUT2D eigenvalue weighted by Crippen LogP contribution is -2.38. The highest BCUT2D eigenvalue weighted by Crippen LogP contribution is 2.33. The fourth-order valence-electron chi connectivity index (χ4n) is 1.48. The van der Waals surface area contributed by atoms with Gasteiger partial charge in [0.2, 0.25) is 0 Å². The van der Waals surface area contributed by atoms with Crippen molar-refractivity contribution in [3.63, 3.8) is 0 Å². The molecule has 1 aliphatic heterocycles. The van der Waals surface area contributed by atoms with Crippen molar-refractivity contribution >= 4 is 38.1 Å². The lowest BCUT2D eigenvalue weighted by molar-refractivity contribution is 0.0703. The van der Waals surface area contributed by atoms with Gasteiger partial charge < -0.3 is 9.64 Å². The highest BCUT2D eigenvalue weighted by Gasteiger charge is 2.14. The minimum Gasteiger partial charge on any atom is -0.378 e. The zero-order valence-corrected chi connectivity index (χ0v) is 12.2. The van der Waals surface area contributed by atoms with E-state index in [0.717, 1.165) is 30.6 Å². The highest BCUT2D eigenvalue weighted by molar-refractivity contribution is 8.83. The van der Waals surface area contributed by atoms with Gasteiger partial charge >= 0.3 is 0 Å². The number of rotatable bonds is 2. The van der Waals surface area contributed by atoms with Crippen LogP contribution in [0.15, 0.2) is 29.2 Å². The van der Waals surface area contributed by atoms with E-state index in [-0.39, 0.29) is 0 Å². The minimum absolute atomic E-state index is 0.788. The molecule has 17 heavy (non-hydrogen) atoms. The van der Waals surface area contributed by atoms with Gasteiger partial charge in [-0.05, 0) is 29.9 Å². The Hall–Kier alpha value is -0.230. The van der Waals surface area contributed by atoms with Crippen LogP contribution in [-0.4, -0.2) is 35.5 Å². The zero-order chi connectivity index (χ0) is 12.1. The third-order valence-electron chi connectivity index (χ3n) is 2.50. The second-order valence-electron chi connectivity index (χ2n) is 3.85. The van der Waals surface area contributed by atoms with Gasteiger partial charge in [0.25, 0.3) is 0 Å². The second kappa shape index (κ2) is 6.64. The van der Waals surface area contributed by atoms with E-state index in [0.29, 0.717) is 0 Å². The molecule has 1 aromatic carbocycles. The van der Waals surface area contributed by atoms with Crippen LogP contribution in [0.25, 0.3) is 0 Å². The fraction of sp³-hybridized carbons (Fsp3) is 0.417. The van der Waals surface area contributed by atoms with Crippen LogP contribution in [0, 0.1) is 6.92 Å². The highest BCUT2D eigenvalue weighted by atomic mass is 33.1. The normalized spacial score (nSPS) is 15.9. The van der Waals surface area contributed by atoms with Gasteiger partial charge in [-0.25, -0.2) is 0 Å². The lowest BCUT2D eigenvalue weighted by Gasteiger charge is -2.28. The molecule has 1 aromatic rings. The first-order valence-corrected chi connectivity index (χ1v) is 8.09. The Labute approximate surface area is 115 Å². The van der Waals surface area contributed by atoms with Crippen molar-refractivity contribution in [3.05, 3.63) is 29.8 Å². The molecule has 0 spiro atoms. The third-order valence-corrected chi connectivity index (χ3v) is 5.57. The topological polar surface area (TPSA) is 12.5 Å². The van der Waals surface area contributed by atoms with Crippen LogP contribution < -0.4 is 0 Å². The van der Waals surface area contributed by atoms with Gasteiger partial charge in [0.05, 0.1) is 13.2 Å². The van der Waals surface area contributed by atoms with Crippen molar-refractivity contribution in [2.75, 3.05) is 26.3 Å². The predicted molar refractivity (Wildman–Crippen MR) is 79.6 cm³/mol. The lowest BCUT2D eigenvalue weighted by atomic mass is 10.2. The average molecular weight is 285 g/mol. The Kier molecular flexibility index (Phi) is 5.16. The summed E-state index contributed by atoms with van der Waals surface area (Å²) in [4.78, 5) is 3.46. The number of thiocarbonyl (C=S) groups is 1. The van der Waals surface area contributed by atoms with E-state index in [2.05, 4.69) is 36.1 Å². The van der Waals surface area contributed by atoms with Gasteiger partial charge in [0.15, 0.2) is 0 Å². The van der Waals surface area contributed by atoms with E-state index in [1.807, 2.05) is 0 Å². The summed E-state index contributed by atoms with van der Waals surface area (Å²) in [5.74, 6) is 0. The standard InChI is InChI=1S/C12H15NOS3/c1-10-2-4-11(5-3-10)16-17-12(15)13-6-8-14-9-7-13/h2-5H,6-9H2,1H3. The van der Waals surface area contributed by atoms with Crippen LogP contribution in [0.4, 0.5) is 0 Å². The maximum Gasteiger partial charge on any atom is 0.147 e. The maximum absolute atomic E-state index is 5.41. The SMILES string of the molecule is Cc1ccc(SSC(=S)N2CCOCC2)cc1. The smallest absolute Gasteiger partial charge is 0.147 e. The van der Waals surface area contributed by atoms with E-state index < -0.39 is 0 Å². The minimum atomic E-state index is 0.788. The largest absolute Gasteiger partial charge is 0.378 e. The fourth-order valence-corrected chi connectivity index (χ4v) is 3.82. The number of aryl methyl sites for hydroxylation is 1. The molecular formula is C12H15NOS3. The number of hydrogen-bond acceptors (Lipinski definition) is 4. The molecule has 0 N–H and O–H groups in total. The first kappa shape index (κ1) is 13.2. The molecule has 0 bridgehead atoms. The predicted octanol–water partition coefficient (Wildman–Crippen LogP) is 3.35. The summed E-state index contributed by atoms with van der Waals surface area (Å²) in [5, 5.41) is 0. The summed E-state index contributed by atoms with van der Waals surface area (Å²) < 4.78 is 6.27. The molecule has 0 radical (unpaired) electrons. The molecular weight excluding hydrogens is 270 g/mol. The van der Waals surface area contributed by atoms with E-state index >= 15 is 0 Å². The number of hydrogen-bond donors (Lipinski definition) is 0. The molecule has 0 saturated carbocycles.